The van der Waals surface area contributed by atoms with E-state index < -0.39 is 0 Å². The minimum atomic E-state index is 0.390. The van der Waals surface area contributed by atoms with Crippen molar-refractivity contribution in [1.29, 1.82) is 0 Å². The quantitative estimate of drug-likeness (QED) is 0.811. The van der Waals surface area contributed by atoms with Crippen LogP contribution in [0.5, 0.6) is 0 Å². The minimum Gasteiger partial charge on any atom is -0.378 e. The number of fused-ring (bicyclic) bond motifs is 2. The van der Waals surface area contributed by atoms with Gasteiger partial charge in [0, 0.05) is 30.9 Å². The molecule has 1 aromatic heterocycles. The van der Waals surface area contributed by atoms with E-state index >= 15 is 0 Å². The highest BCUT2D eigenvalue weighted by Crippen LogP contribution is 2.29. The summed E-state index contributed by atoms with van der Waals surface area (Å²) >= 11 is 0. The third-order valence-corrected chi connectivity index (χ3v) is 4.76. The minimum absolute atomic E-state index is 0.390. The normalized spacial score (nSPS) is 24.3. The maximum Gasteiger partial charge on any atom is 0.0658 e. The molecule has 2 aliphatic rings. The van der Waals surface area contributed by atoms with Crippen molar-refractivity contribution in [1.82, 2.24) is 9.88 Å². The van der Waals surface area contributed by atoms with E-state index in [0.717, 1.165) is 38.3 Å². The number of pyridine rings is 1. The second-order valence-electron chi connectivity index (χ2n) is 6.44. The predicted octanol–water partition coefficient (Wildman–Crippen LogP) is 3.22. The molecular weight excluding hydrogens is 284 g/mol. The maximum atomic E-state index is 5.80. The van der Waals surface area contributed by atoms with Gasteiger partial charge in [0.2, 0.25) is 0 Å². The molecule has 2 bridgehead atoms. The van der Waals surface area contributed by atoms with E-state index in [1.807, 2.05) is 12.3 Å². The molecule has 1 fully saturated rings. The highest BCUT2D eigenvalue weighted by molar-refractivity contribution is 5.23. The van der Waals surface area contributed by atoms with Gasteiger partial charge >= 0.3 is 0 Å². The Morgan fingerprint density at radius 2 is 1.91 bits per heavy atom. The first kappa shape index (κ1) is 14.6. The van der Waals surface area contributed by atoms with Crippen LogP contribution in [0.25, 0.3) is 0 Å². The van der Waals surface area contributed by atoms with Gasteiger partial charge in [-0.2, -0.15) is 0 Å². The summed E-state index contributed by atoms with van der Waals surface area (Å²) in [5.41, 5.74) is 4.05. The summed E-state index contributed by atoms with van der Waals surface area (Å²) in [4.78, 5) is 7.07. The molecule has 0 N–H and O–H groups in total. The highest BCUT2D eigenvalue weighted by Gasteiger charge is 2.34. The van der Waals surface area contributed by atoms with Crippen molar-refractivity contribution < 1.29 is 4.74 Å². The summed E-state index contributed by atoms with van der Waals surface area (Å²) in [5.74, 6) is 0. The van der Waals surface area contributed by atoms with Gasteiger partial charge in [0.15, 0.2) is 0 Å². The molecule has 3 nitrogen and oxygen atoms in total. The van der Waals surface area contributed by atoms with Gasteiger partial charge in [-0.05, 0) is 24.1 Å². The average Bonchev–Trinajstić information content (AvgIpc) is 2.57. The topological polar surface area (TPSA) is 25.4 Å². The van der Waals surface area contributed by atoms with E-state index in [2.05, 4.69) is 58.4 Å². The Morgan fingerprint density at radius 3 is 2.70 bits per heavy atom. The number of hydrogen-bond donors (Lipinski definition) is 0. The van der Waals surface area contributed by atoms with Gasteiger partial charge < -0.3 is 4.74 Å². The summed E-state index contributed by atoms with van der Waals surface area (Å²) in [5, 5.41) is 0. The van der Waals surface area contributed by atoms with E-state index in [9.17, 15) is 0 Å². The van der Waals surface area contributed by atoms with Crippen LogP contribution in [-0.4, -0.2) is 35.2 Å². The third-order valence-electron chi connectivity index (χ3n) is 4.76. The number of morpholine rings is 1. The van der Waals surface area contributed by atoms with Crippen molar-refractivity contribution in [2.75, 3.05) is 13.2 Å². The number of aromatic nitrogens is 1. The van der Waals surface area contributed by atoms with Gasteiger partial charge in [0.1, 0.15) is 0 Å². The van der Waals surface area contributed by atoms with Gasteiger partial charge in [-0.15, -0.1) is 0 Å². The Labute approximate surface area is 137 Å². The Kier molecular flexibility index (Phi) is 4.22. The molecule has 1 saturated heterocycles. The van der Waals surface area contributed by atoms with Crippen molar-refractivity contribution in [3.05, 3.63) is 77.6 Å². The lowest BCUT2D eigenvalue weighted by Gasteiger charge is -2.44. The fourth-order valence-corrected chi connectivity index (χ4v) is 3.66. The molecule has 2 aromatic rings. The number of rotatable bonds is 4. The van der Waals surface area contributed by atoms with Crippen LogP contribution >= 0.6 is 0 Å². The van der Waals surface area contributed by atoms with Crippen LogP contribution in [-0.2, 0) is 17.7 Å². The molecule has 0 amide bonds. The van der Waals surface area contributed by atoms with Crippen LogP contribution in [0, 0.1) is 0 Å². The van der Waals surface area contributed by atoms with Crippen LogP contribution in [0.1, 0.15) is 17.7 Å². The zero-order chi connectivity index (χ0) is 15.5. The fourth-order valence-electron chi connectivity index (χ4n) is 3.66. The molecule has 2 atom stereocenters. The SMILES string of the molecule is C1=C(Cc2ccccn2)CC2COCC1N2Cc1ccccc1. The van der Waals surface area contributed by atoms with Gasteiger partial charge in [0.05, 0.1) is 19.3 Å². The predicted molar refractivity (Wildman–Crippen MR) is 91.0 cm³/mol. The molecule has 3 heteroatoms. The highest BCUT2D eigenvalue weighted by atomic mass is 16.5. The van der Waals surface area contributed by atoms with Gasteiger partial charge in [-0.3, -0.25) is 9.88 Å². The van der Waals surface area contributed by atoms with E-state index in [4.69, 9.17) is 4.74 Å². The van der Waals surface area contributed by atoms with Crippen LogP contribution in [0.3, 0.4) is 0 Å². The number of nitrogens with zero attached hydrogens (tertiary/aromatic N) is 2. The number of hydrogen-bond acceptors (Lipinski definition) is 3. The Morgan fingerprint density at radius 1 is 1.04 bits per heavy atom. The lowest BCUT2D eigenvalue weighted by atomic mass is 9.91. The molecule has 3 heterocycles. The Bertz CT molecular complexity index is 669. The molecule has 118 valence electrons. The van der Waals surface area contributed by atoms with E-state index in [1.54, 1.807) is 0 Å². The van der Waals surface area contributed by atoms with Crippen LogP contribution in [0.15, 0.2) is 66.4 Å². The molecule has 23 heavy (non-hydrogen) atoms. The molecule has 1 aromatic carbocycles. The van der Waals surface area contributed by atoms with Gasteiger partial charge in [-0.25, -0.2) is 0 Å². The standard InChI is InChI=1S/C20H22N2O/c1-2-6-16(7-3-1)13-22-19-11-17(12-20(22)15-23-14-19)10-18-8-4-5-9-21-18/h1-9,11,19-20H,10,12-15H2. The van der Waals surface area contributed by atoms with Crippen LogP contribution in [0.4, 0.5) is 0 Å². The van der Waals surface area contributed by atoms with Crippen LogP contribution < -0.4 is 0 Å². The first-order chi connectivity index (χ1) is 11.4. The lowest BCUT2D eigenvalue weighted by Crippen LogP contribution is -2.53. The summed E-state index contributed by atoms with van der Waals surface area (Å²) in [6.45, 7) is 2.64. The van der Waals surface area contributed by atoms with E-state index in [-0.39, 0.29) is 0 Å². The second kappa shape index (κ2) is 6.65. The van der Waals surface area contributed by atoms with Crippen molar-refractivity contribution >= 4 is 0 Å². The zero-order valence-corrected chi connectivity index (χ0v) is 13.3. The summed E-state index contributed by atoms with van der Waals surface area (Å²) in [6, 6.07) is 17.8. The lowest BCUT2D eigenvalue weighted by molar-refractivity contribution is -0.0440. The summed E-state index contributed by atoms with van der Waals surface area (Å²) in [6.07, 6.45) is 6.34. The first-order valence-electron chi connectivity index (χ1n) is 8.35. The molecule has 0 spiro atoms. The summed E-state index contributed by atoms with van der Waals surface area (Å²) < 4.78 is 5.80. The molecule has 0 aliphatic carbocycles. The van der Waals surface area contributed by atoms with Crippen molar-refractivity contribution in [2.24, 2.45) is 0 Å². The van der Waals surface area contributed by atoms with E-state index in [0.29, 0.717) is 12.1 Å². The first-order valence-corrected chi connectivity index (χ1v) is 8.35. The van der Waals surface area contributed by atoms with Crippen molar-refractivity contribution in [2.45, 2.75) is 31.5 Å². The zero-order valence-electron chi connectivity index (χ0n) is 13.3. The molecule has 4 rings (SSSR count). The van der Waals surface area contributed by atoms with Gasteiger partial charge in [-0.1, -0.05) is 48.0 Å². The van der Waals surface area contributed by atoms with Crippen molar-refractivity contribution in [3.8, 4) is 0 Å². The summed E-state index contributed by atoms with van der Waals surface area (Å²) in [7, 11) is 0. The Hall–Kier alpha value is -1.97. The molecular formula is C20H22N2O. The van der Waals surface area contributed by atoms with Crippen LogP contribution in [0.2, 0.25) is 0 Å². The second-order valence-corrected chi connectivity index (χ2v) is 6.44. The van der Waals surface area contributed by atoms with Crippen molar-refractivity contribution in [3.63, 3.8) is 0 Å². The average molecular weight is 306 g/mol. The number of benzene rings is 1. The van der Waals surface area contributed by atoms with E-state index in [1.165, 1.54) is 11.1 Å². The molecule has 2 aliphatic heterocycles. The fraction of sp³-hybridized carbons (Fsp3) is 0.350. The molecule has 0 radical (unpaired) electrons. The smallest absolute Gasteiger partial charge is 0.0658 e. The maximum absolute atomic E-state index is 5.80. The number of ether oxygens (including phenoxy) is 1. The molecule has 2 unspecified atom stereocenters. The van der Waals surface area contributed by atoms with Gasteiger partial charge in [0.25, 0.3) is 0 Å². The monoisotopic (exact) mass is 306 g/mol. The Balaban J connectivity index is 1.51. The largest absolute Gasteiger partial charge is 0.378 e. The molecule has 0 saturated carbocycles. The third kappa shape index (κ3) is 3.36.